The van der Waals surface area contributed by atoms with Crippen molar-refractivity contribution < 1.29 is 23.8 Å². The van der Waals surface area contributed by atoms with Crippen molar-refractivity contribution in [3.63, 3.8) is 0 Å². The number of Topliss-reactive ketones (excluding diaryl/α,β-unsaturated/α-hetero) is 1. The highest BCUT2D eigenvalue weighted by Gasteiger charge is 2.20. The van der Waals surface area contributed by atoms with E-state index in [9.17, 15) is 19.5 Å². The molecule has 0 bridgehead atoms. The molecule has 27 heavy (non-hydrogen) atoms. The van der Waals surface area contributed by atoms with Gasteiger partial charge < -0.3 is 14.3 Å². The Bertz CT molecular complexity index is 1120. The fourth-order valence-corrected chi connectivity index (χ4v) is 3.14. The molecule has 6 heteroatoms. The third-order valence-corrected chi connectivity index (χ3v) is 4.42. The van der Waals surface area contributed by atoms with Crippen LogP contribution in [0.25, 0.3) is 21.9 Å². The third-order valence-electron chi connectivity index (χ3n) is 4.42. The second kappa shape index (κ2) is 7.23. The van der Waals surface area contributed by atoms with Gasteiger partial charge in [0.2, 0.25) is 5.43 Å². The number of hydrogen-bond donors (Lipinski definition) is 1. The normalized spacial score (nSPS) is 11.1. The topological polar surface area (TPSA) is 93.8 Å². The van der Waals surface area contributed by atoms with Crippen molar-refractivity contribution >= 4 is 33.7 Å². The van der Waals surface area contributed by atoms with Crippen LogP contribution in [0.4, 0.5) is 0 Å². The number of ether oxygens (including phenoxy) is 1. The zero-order valence-electron chi connectivity index (χ0n) is 15.4. The van der Waals surface area contributed by atoms with Gasteiger partial charge in [0, 0.05) is 5.56 Å². The van der Waals surface area contributed by atoms with Crippen LogP contribution in [0.5, 0.6) is 5.75 Å². The van der Waals surface area contributed by atoms with Crippen LogP contribution in [0.3, 0.4) is 0 Å². The van der Waals surface area contributed by atoms with Crippen molar-refractivity contribution in [2.24, 2.45) is 0 Å². The Labute approximate surface area is 155 Å². The number of phenols is 1. The summed E-state index contributed by atoms with van der Waals surface area (Å²) in [5.41, 5.74) is 0.967. The van der Waals surface area contributed by atoms with Crippen LogP contribution in [0.2, 0.25) is 0 Å². The molecule has 0 radical (unpaired) electrons. The van der Waals surface area contributed by atoms with Gasteiger partial charge in [-0.25, -0.2) is 4.79 Å². The second-order valence-corrected chi connectivity index (χ2v) is 6.30. The van der Waals surface area contributed by atoms with Gasteiger partial charge in [0.1, 0.15) is 16.9 Å². The largest absolute Gasteiger partial charge is 0.507 e. The van der Waals surface area contributed by atoms with E-state index in [2.05, 4.69) is 0 Å². The van der Waals surface area contributed by atoms with E-state index in [0.29, 0.717) is 24.0 Å². The molecule has 0 unspecified atom stereocenters. The highest BCUT2D eigenvalue weighted by Crippen LogP contribution is 2.33. The van der Waals surface area contributed by atoms with Gasteiger partial charge in [0.25, 0.3) is 0 Å². The summed E-state index contributed by atoms with van der Waals surface area (Å²) in [6.45, 7) is 5.19. The molecular weight excluding hydrogens is 348 g/mol. The van der Waals surface area contributed by atoms with Gasteiger partial charge in [0.15, 0.2) is 5.78 Å². The first-order valence-corrected chi connectivity index (χ1v) is 8.82. The van der Waals surface area contributed by atoms with Crippen molar-refractivity contribution in [2.75, 3.05) is 6.61 Å². The second-order valence-electron chi connectivity index (χ2n) is 6.30. The van der Waals surface area contributed by atoms with Crippen LogP contribution in [-0.4, -0.2) is 23.5 Å². The highest BCUT2D eigenvalue weighted by molar-refractivity contribution is 6.04. The van der Waals surface area contributed by atoms with Crippen LogP contribution in [0.15, 0.2) is 33.5 Å². The Morgan fingerprint density at radius 3 is 2.52 bits per heavy atom. The maximum Gasteiger partial charge on any atom is 0.338 e. The molecule has 0 aliphatic heterocycles. The average Bonchev–Trinajstić information content (AvgIpc) is 2.64. The van der Waals surface area contributed by atoms with E-state index in [4.69, 9.17) is 9.15 Å². The molecule has 0 spiro atoms. The van der Waals surface area contributed by atoms with E-state index in [1.807, 2.05) is 6.92 Å². The molecule has 2 aromatic carbocycles. The standard InChI is InChI=1S/C21H20O6/c1-4-6-13-18(23)14(11(3)22)10-16-19(24)15-9-12(21(25)26-5-2)7-8-17(15)27-20(13)16/h7-10,23H,4-6H2,1-3H3. The molecule has 1 N–H and O–H groups in total. The molecule has 3 aromatic rings. The SMILES string of the molecule is CCCc1c(O)c(C(C)=O)cc2c(=O)c3cc(C(=O)OCC)ccc3oc12. The lowest BCUT2D eigenvalue weighted by molar-refractivity contribution is 0.0526. The molecule has 0 amide bonds. The summed E-state index contributed by atoms with van der Waals surface area (Å²) in [7, 11) is 0. The molecule has 6 nitrogen and oxygen atoms in total. The van der Waals surface area contributed by atoms with E-state index in [0.717, 1.165) is 0 Å². The number of esters is 1. The zero-order chi connectivity index (χ0) is 19.7. The number of aryl methyl sites for hydroxylation is 1. The van der Waals surface area contributed by atoms with Gasteiger partial charge in [0.05, 0.1) is 28.5 Å². The molecular formula is C21H20O6. The Balaban J connectivity index is 2.38. The van der Waals surface area contributed by atoms with E-state index >= 15 is 0 Å². The van der Waals surface area contributed by atoms with Crippen LogP contribution in [0, 0.1) is 0 Å². The molecule has 1 aromatic heterocycles. The van der Waals surface area contributed by atoms with Crippen molar-refractivity contribution in [1.29, 1.82) is 0 Å². The van der Waals surface area contributed by atoms with Gasteiger partial charge in [-0.2, -0.15) is 0 Å². The first-order chi connectivity index (χ1) is 12.9. The van der Waals surface area contributed by atoms with Gasteiger partial charge >= 0.3 is 5.97 Å². The van der Waals surface area contributed by atoms with Crippen molar-refractivity contribution in [3.8, 4) is 5.75 Å². The summed E-state index contributed by atoms with van der Waals surface area (Å²) >= 11 is 0. The monoisotopic (exact) mass is 368 g/mol. The predicted octanol–water partition coefficient (Wildman–Crippen LogP) is 3.98. The Morgan fingerprint density at radius 2 is 1.89 bits per heavy atom. The molecule has 0 saturated carbocycles. The van der Waals surface area contributed by atoms with Crippen LogP contribution in [-0.2, 0) is 11.2 Å². The maximum atomic E-state index is 13.1. The van der Waals surface area contributed by atoms with Gasteiger partial charge in [-0.05, 0) is 44.5 Å². The van der Waals surface area contributed by atoms with Gasteiger partial charge in [-0.15, -0.1) is 0 Å². The van der Waals surface area contributed by atoms with Crippen molar-refractivity contribution in [1.82, 2.24) is 0 Å². The number of phenolic OH excluding ortho intramolecular Hbond substituents is 1. The molecule has 3 rings (SSSR count). The first kappa shape index (κ1) is 18.6. The van der Waals surface area contributed by atoms with Crippen molar-refractivity contribution in [3.05, 3.63) is 51.2 Å². The summed E-state index contributed by atoms with van der Waals surface area (Å²) in [5, 5.41) is 10.9. The molecule has 0 fully saturated rings. The summed E-state index contributed by atoms with van der Waals surface area (Å²) < 4.78 is 10.9. The van der Waals surface area contributed by atoms with Gasteiger partial charge in [-0.3, -0.25) is 9.59 Å². The lowest BCUT2D eigenvalue weighted by atomic mass is 9.97. The summed E-state index contributed by atoms with van der Waals surface area (Å²) in [4.78, 5) is 36.9. The van der Waals surface area contributed by atoms with Crippen LogP contribution < -0.4 is 5.43 Å². The fraction of sp³-hybridized carbons (Fsp3) is 0.286. The van der Waals surface area contributed by atoms with Crippen LogP contribution >= 0.6 is 0 Å². The molecule has 0 aliphatic rings. The average molecular weight is 368 g/mol. The van der Waals surface area contributed by atoms with Crippen LogP contribution in [0.1, 0.15) is 53.5 Å². The number of carbonyl (C=O) groups is 2. The zero-order valence-corrected chi connectivity index (χ0v) is 15.4. The molecule has 1 heterocycles. The smallest absolute Gasteiger partial charge is 0.338 e. The number of benzene rings is 2. The molecule has 0 aliphatic carbocycles. The molecule has 0 atom stereocenters. The third kappa shape index (κ3) is 3.18. The number of rotatable bonds is 5. The van der Waals surface area contributed by atoms with Crippen molar-refractivity contribution in [2.45, 2.75) is 33.6 Å². The van der Waals surface area contributed by atoms with E-state index in [-0.39, 0.29) is 51.1 Å². The number of fused-ring (bicyclic) bond motifs is 2. The van der Waals surface area contributed by atoms with Gasteiger partial charge in [-0.1, -0.05) is 13.3 Å². The quantitative estimate of drug-likeness (QED) is 0.416. The molecule has 140 valence electrons. The minimum Gasteiger partial charge on any atom is -0.507 e. The minimum atomic E-state index is -0.527. The Hall–Kier alpha value is -3.15. The van der Waals surface area contributed by atoms with E-state index < -0.39 is 5.97 Å². The number of ketones is 1. The number of aromatic hydroxyl groups is 1. The maximum absolute atomic E-state index is 13.1. The fourth-order valence-electron chi connectivity index (χ4n) is 3.14. The summed E-state index contributed by atoms with van der Waals surface area (Å²) in [6, 6.07) is 5.85. The highest BCUT2D eigenvalue weighted by atomic mass is 16.5. The Kier molecular flexibility index (Phi) is 4.99. The summed E-state index contributed by atoms with van der Waals surface area (Å²) in [5.74, 6) is -1.02. The summed E-state index contributed by atoms with van der Waals surface area (Å²) in [6.07, 6.45) is 1.16. The van der Waals surface area contributed by atoms with E-state index in [1.54, 1.807) is 6.92 Å². The minimum absolute atomic E-state index is 0.0825. The number of carbonyl (C=O) groups excluding carboxylic acids is 2. The first-order valence-electron chi connectivity index (χ1n) is 8.82. The lowest BCUT2D eigenvalue weighted by Gasteiger charge is -2.12. The lowest BCUT2D eigenvalue weighted by Crippen LogP contribution is -2.09. The number of hydrogen-bond acceptors (Lipinski definition) is 6. The van der Waals surface area contributed by atoms with E-state index in [1.165, 1.54) is 31.2 Å². The molecule has 0 saturated heterocycles. The Morgan fingerprint density at radius 1 is 1.15 bits per heavy atom. The predicted molar refractivity (Wildman–Crippen MR) is 102 cm³/mol.